The van der Waals surface area contributed by atoms with E-state index >= 15 is 0 Å². The van der Waals surface area contributed by atoms with Gasteiger partial charge in [0.05, 0.1) is 18.8 Å². The van der Waals surface area contributed by atoms with Gasteiger partial charge in [-0.15, -0.1) is 0 Å². The summed E-state index contributed by atoms with van der Waals surface area (Å²) in [5.41, 5.74) is 0.269. The molecule has 4 nitrogen and oxygen atoms in total. The molecule has 4 aliphatic carbocycles. The van der Waals surface area contributed by atoms with E-state index in [4.69, 9.17) is 4.74 Å². The van der Waals surface area contributed by atoms with Gasteiger partial charge in [0.2, 0.25) is 0 Å². The molecule has 0 aromatic rings. The second kappa shape index (κ2) is 8.39. The van der Waals surface area contributed by atoms with Crippen molar-refractivity contribution in [3.05, 3.63) is 0 Å². The summed E-state index contributed by atoms with van der Waals surface area (Å²) in [6.45, 7) is 9.45. The Morgan fingerprint density at radius 2 is 1.83 bits per heavy atom. The van der Waals surface area contributed by atoms with Crippen molar-refractivity contribution in [2.45, 2.75) is 104 Å². The number of hydrogen-bond donors (Lipinski definition) is 2. The van der Waals surface area contributed by atoms with Crippen LogP contribution < -0.4 is 0 Å². The molecule has 0 radical (unpaired) electrons. The molecule has 4 fully saturated rings. The average Bonchev–Trinajstić information content (AvgIpc) is 3.07. The van der Waals surface area contributed by atoms with Crippen LogP contribution in [0.5, 0.6) is 0 Å². The molecule has 4 aliphatic rings. The van der Waals surface area contributed by atoms with Crippen LogP contribution in [-0.2, 0) is 9.53 Å². The van der Waals surface area contributed by atoms with E-state index in [-0.39, 0.29) is 29.0 Å². The normalized spacial score (nSPS) is 48.9. The monoisotopic (exact) mass is 420 g/mol. The highest BCUT2D eigenvalue weighted by Crippen LogP contribution is 2.68. The quantitative estimate of drug-likeness (QED) is 0.617. The van der Waals surface area contributed by atoms with Crippen LogP contribution in [0.15, 0.2) is 0 Å². The van der Waals surface area contributed by atoms with E-state index < -0.39 is 0 Å². The van der Waals surface area contributed by atoms with Crippen LogP contribution in [0.1, 0.15) is 91.9 Å². The highest BCUT2D eigenvalue weighted by molar-refractivity contribution is 5.69. The molecule has 30 heavy (non-hydrogen) atoms. The SMILES string of the molecule is CCOC(=O)CC[C@@H](C)[C@H]1CC[C@@H]2[C@@H]3CC[C@@H]4C[C@H](O)CC[C@]4(C)[C@H]3C[C@H](O)[C@@]21C. The molecule has 0 unspecified atom stereocenters. The molecular weight excluding hydrogens is 376 g/mol. The zero-order valence-corrected chi connectivity index (χ0v) is 19.6. The van der Waals surface area contributed by atoms with Gasteiger partial charge in [-0.25, -0.2) is 0 Å². The van der Waals surface area contributed by atoms with Crippen molar-refractivity contribution in [3.8, 4) is 0 Å². The third-order valence-electron chi connectivity index (χ3n) is 10.6. The number of esters is 1. The minimum Gasteiger partial charge on any atom is -0.466 e. The summed E-state index contributed by atoms with van der Waals surface area (Å²) in [5.74, 6) is 3.39. The van der Waals surface area contributed by atoms with E-state index in [2.05, 4.69) is 20.8 Å². The van der Waals surface area contributed by atoms with Crippen LogP contribution in [0.25, 0.3) is 0 Å². The summed E-state index contributed by atoms with van der Waals surface area (Å²) in [7, 11) is 0. The van der Waals surface area contributed by atoms with Gasteiger partial charge in [-0.1, -0.05) is 20.8 Å². The van der Waals surface area contributed by atoms with E-state index in [9.17, 15) is 15.0 Å². The summed E-state index contributed by atoms with van der Waals surface area (Å²) in [6, 6.07) is 0. The Kier molecular flexibility index (Phi) is 6.31. The maximum absolute atomic E-state index is 11.9. The predicted octanol–water partition coefficient (Wildman–Crippen LogP) is 4.96. The number of fused-ring (bicyclic) bond motifs is 5. The third kappa shape index (κ3) is 3.54. The highest BCUT2D eigenvalue weighted by Gasteiger charge is 2.63. The number of rotatable bonds is 5. The van der Waals surface area contributed by atoms with Crippen molar-refractivity contribution in [2.75, 3.05) is 6.61 Å². The molecule has 0 aliphatic heterocycles. The molecule has 4 saturated carbocycles. The van der Waals surface area contributed by atoms with Gasteiger partial charge in [-0.2, -0.15) is 0 Å². The second-order valence-electron chi connectivity index (χ2n) is 11.7. The lowest BCUT2D eigenvalue weighted by atomic mass is 9.43. The number of aliphatic hydroxyl groups excluding tert-OH is 2. The van der Waals surface area contributed by atoms with E-state index in [1.165, 1.54) is 25.7 Å². The first-order chi connectivity index (χ1) is 14.2. The first-order valence-corrected chi connectivity index (χ1v) is 12.7. The minimum atomic E-state index is -0.247. The third-order valence-corrected chi connectivity index (χ3v) is 10.6. The molecular formula is C26H44O4. The smallest absolute Gasteiger partial charge is 0.305 e. The molecule has 0 bridgehead atoms. The summed E-state index contributed by atoms with van der Waals surface area (Å²) < 4.78 is 5.14. The van der Waals surface area contributed by atoms with E-state index in [1.807, 2.05) is 6.92 Å². The van der Waals surface area contributed by atoms with Crippen molar-refractivity contribution in [2.24, 2.45) is 46.3 Å². The van der Waals surface area contributed by atoms with E-state index in [0.29, 0.717) is 42.6 Å². The minimum absolute atomic E-state index is 0.0212. The molecule has 172 valence electrons. The first-order valence-electron chi connectivity index (χ1n) is 12.7. The van der Waals surface area contributed by atoms with Crippen molar-refractivity contribution in [3.63, 3.8) is 0 Å². The summed E-state index contributed by atoms with van der Waals surface area (Å²) in [4.78, 5) is 11.9. The molecule has 0 saturated heterocycles. The fourth-order valence-corrected chi connectivity index (χ4v) is 8.94. The number of carbonyl (C=O) groups excluding carboxylic acids is 1. The molecule has 10 atom stereocenters. The molecule has 4 heteroatoms. The molecule has 0 aromatic heterocycles. The van der Waals surface area contributed by atoms with Gasteiger partial charge in [0.25, 0.3) is 0 Å². The van der Waals surface area contributed by atoms with Crippen LogP contribution in [0.2, 0.25) is 0 Å². The lowest BCUT2D eigenvalue weighted by molar-refractivity contribution is -0.175. The van der Waals surface area contributed by atoms with Crippen LogP contribution in [0.3, 0.4) is 0 Å². The van der Waals surface area contributed by atoms with E-state index in [1.54, 1.807) is 0 Å². The summed E-state index contributed by atoms with van der Waals surface area (Å²) in [6.07, 6.45) is 9.88. The largest absolute Gasteiger partial charge is 0.466 e. The van der Waals surface area contributed by atoms with Gasteiger partial charge >= 0.3 is 5.97 Å². The molecule has 0 heterocycles. The molecule has 4 rings (SSSR count). The summed E-state index contributed by atoms with van der Waals surface area (Å²) >= 11 is 0. The molecule has 0 amide bonds. The Labute approximate surface area is 183 Å². The maximum atomic E-state index is 11.9. The van der Waals surface area contributed by atoms with E-state index in [0.717, 1.165) is 38.0 Å². The Morgan fingerprint density at radius 1 is 1.07 bits per heavy atom. The van der Waals surface area contributed by atoms with Crippen molar-refractivity contribution in [1.82, 2.24) is 0 Å². The fourth-order valence-electron chi connectivity index (χ4n) is 8.94. The number of aliphatic hydroxyl groups is 2. The Hall–Kier alpha value is -0.610. The fraction of sp³-hybridized carbons (Fsp3) is 0.962. The van der Waals surface area contributed by atoms with Crippen molar-refractivity contribution in [1.29, 1.82) is 0 Å². The van der Waals surface area contributed by atoms with Crippen molar-refractivity contribution < 1.29 is 19.7 Å². The number of hydrogen-bond acceptors (Lipinski definition) is 4. The van der Waals surface area contributed by atoms with Gasteiger partial charge in [-0.05, 0) is 111 Å². The second-order valence-corrected chi connectivity index (χ2v) is 11.7. The van der Waals surface area contributed by atoms with Gasteiger partial charge in [-0.3, -0.25) is 4.79 Å². The zero-order chi connectivity index (χ0) is 21.7. The van der Waals surface area contributed by atoms with Gasteiger partial charge in [0.1, 0.15) is 0 Å². The Morgan fingerprint density at radius 3 is 2.57 bits per heavy atom. The van der Waals surface area contributed by atoms with Crippen LogP contribution in [0, 0.1) is 46.3 Å². The van der Waals surface area contributed by atoms with Crippen LogP contribution in [-0.4, -0.2) is 35.0 Å². The Bertz CT molecular complexity index is 635. The van der Waals surface area contributed by atoms with Gasteiger partial charge in [0.15, 0.2) is 0 Å². The van der Waals surface area contributed by atoms with Crippen molar-refractivity contribution >= 4 is 5.97 Å². The zero-order valence-electron chi connectivity index (χ0n) is 19.6. The topological polar surface area (TPSA) is 66.8 Å². The molecule has 2 N–H and O–H groups in total. The van der Waals surface area contributed by atoms with Gasteiger partial charge < -0.3 is 14.9 Å². The maximum Gasteiger partial charge on any atom is 0.305 e. The predicted molar refractivity (Wildman–Crippen MR) is 118 cm³/mol. The van der Waals surface area contributed by atoms with Gasteiger partial charge in [0, 0.05) is 6.42 Å². The number of carbonyl (C=O) groups is 1. The average molecular weight is 421 g/mol. The lowest BCUT2D eigenvalue weighted by Gasteiger charge is -2.62. The highest BCUT2D eigenvalue weighted by atomic mass is 16.5. The van der Waals surface area contributed by atoms with Crippen LogP contribution >= 0.6 is 0 Å². The van der Waals surface area contributed by atoms with Crippen LogP contribution in [0.4, 0.5) is 0 Å². The lowest BCUT2D eigenvalue weighted by Crippen LogP contribution is -2.58. The first kappa shape index (κ1) is 22.6. The number of ether oxygens (including phenoxy) is 1. The Balaban J connectivity index is 1.50. The molecule has 0 spiro atoms. The standard InChI is InChI=1S/C26H44O4/c1-5-30-24(29)11-6-16(2)20-9-10-21-19-8-7-17-14-18(27)12-13-25(17,3)22(19)15-23(28)26(20,21)4/h16-23,27-28H,5-15H2,1-4H3/t16-,17-,18-,19+,20-,21-,22+,23+,25+,26-/m1/s1. The summed E-state index contributed by atoms with van der Waals surface area (Å²) in [5, 5.41) is 21.8. The molecule has 0 aromatic carbocycles.